The van der Waals surface area contributed by atoms with Crippen LogP contribution in [-0.2, 0) is 0 Å². The van der Waals surface area contributed by atoms with Crippen molar-refractivity contribution < 1.29 is 9.18 Å². The van der Waals surface area contributed by atoms with Gasteiger partial charge in [-0.05, 0) is 34.1 Å². The SMILES string of the molecule is O=C(CC=Nc1ccc([18F])c(Br)c1)c1ccccc1. The number of hydrogen-bond donors (Lipinski definition) is 0. The summed E-state index contributed by atoms with van der Waals surface area (Å²) in [5.74, 6) is -0.329. The normalized spacial score (nSPS) is 10.8. The number of ketones is 1. The first-order chi connectivity index (χ1) is 9.16. The van der Waals surface area contributed by atoms with Gasteiger partial charge in [0.25, 0.3) is 0 Å². The number of benzene rings is 2. The van der Waals surface area contributed by atoms with Crippen LogP contribution in [0, 0.1) is 5.82 Å². The van der Waals surface area contributed by atoms with Crippen LogP contribution in [-0.4, -0.2) is 12.0 Å². The van der Waals surface area contributed by atoms with Crippen molar-refractivity contribution in [2.75, 3.05) is 0 Å². The van der Waals surface area contributed by atoms with Crippen LogP contribution in [0.15, 0.2) is 58.0 Å². The van der Waals surface area contributed by atoms with E-state index in [1.165, 1.54) is 12.3 Å². The highest BCUT2D eigenvalue weighted by molar-refractivity contribution is 9.10. The maximum atomic E-state index is 13.0. The molecule has 0 bridgehead atoms. The molecular formula is C15H11BrFNO. The molecule has 0 unspecified atom stereocenters. The summed E-state index contributed by atoms with van der Waals surface area (Å²) in [4.78, 5) is 15.9. The Balaban J connectivity index is 2.00. The number of carbonyl (C=O) groups excluding carboxylic acids is 1. The first-order valence-corrected chi connectivity index (χ1v) is 6.52. The van der Waals surface area contributed by atoms with E-state index in [2.05, 4.69) is 20.9 Å². The Morgan fingerprint density at radius 1 is 1.21 bits per heavy atom. The average molecular weight is 319 g/mol. The third-order valence-corrected chi connectivity index (χ3v) is 3.12. The molecule has 0 aliphatic heterocycles. The monoisotopic (exact) mass is 318 g/mol. The molecular weight excluding hydrogens is 308 g/mol. The summed E-state index contributed by atoms with van der Waals surface area (Å²) in [6, 6.07) is 13.5. The number of aliphatic imine (C=N–C) groups is 1. The minimum atomic E-state index is -0.334. The number of rotatable bonds is 4. The van der Waals surface area contributed by atoms with Crippen LogP contribution >= 0.6 is 15.9 Å². The van der Waals surface area contributed by atoms with E-state index in [0.717, 1.165) is 0 Å². The molecule has 0 spiro atoms. The zero-order valence-corrected chi connectivity index (χ0v) is 11.6. The number of Topliss-reactive ketones (excluding diaryl/α,β-unsaturated/α-hetero) is 1. The number of hydrogen-bond acceptors (Lipinski definition) is 2. The highest BCUT2D eigenvalue weighted by Crippen LogP contribution is 2.21. The van der Waals surface area contributed by atoms with Gasteiger partial charge in [0, 0.05) is 18.2 Å². The van der Waals surface area contributed by atoms with E-state index < -0.39 is 0 Å². The topological polar surface area (TPSA) is 29.4 Å². The van der Waals surface area contributed by atoms with Crippen LogP contribution in [0.25, 0.3) is 0 Å². The van der Waals surface area contributed by atoms with Gasteiger partial charge in [0.15, 0.2) is 5.78 Å². The fourth-order valence-electron chi connectivity index (χ4n) is 1.54. The van der Waals surface area contributed by atoms with E-state index in [1.807, 2.05) is 18.2 Å². The van der Waals surface area contributed by atoms with Gasteiger partial charge in [-0.25, -0.2) is 4.39 Å². The van der Waals surface area contributed by atoms with E-state index in [-0.39, 0.29) is 18.0 Å². The molecule has 0 N–H and O–H groups in total. The summed E-state index contributed by atoms with van der Waals surface area (Å²) in [5.41, 5.74) is 1.27. The first-order valence-electron chi connectivity index (χ1n) is 5.72. The number of halogens is 2. The Labute approximate surface area is 119 Å². The highest BCUT2D eigenvalue weighted by Gasteiger charge is 2.02. The molecule has 0 radical (unpaired) electrons. The van der Waals surface area contributed by atoms with Crippen molar-refractivity contribution in [2.45, 2.75) is 6.42 Å². The van der Waals surface area contributed by atoms with Gasteiger partial charge in [0.2, 0.25) is 0 Å². The molecule has 2 rings (SSSR count). The fourth-order valence-corrected chi connectivity index (χ4v) is 1.91. The lowest BCUT2D eigenvalue weighted by atomic mass is 10.1. The molecule has 0 atom stereocenters. The van der Waals surface area contributed by atoms with Gasteiger partial charge in [-0.2, -0.15) is 0 Å². The fraction of sp³-hybridized carbons (Fsp3) is 0.0667. The molecule has 0 fully saturated rings. The van der Waals surface area contributed by atoms with Crippen molar-refractivity contribution in [1.29, 1.82) is 0 Å². The Morgan fingerprint density at radius 3 is 2.63 bits per heavy atom. The van der Waals surface area contributed by atoms with Gasteiger partial charge >= 0.3 is 0 Å². The minimum Gasteiger partial charge on any atom is -0.294 e. The smallest absolute Gasteiger partial charge is 0.168 e. The molecule has 2 aromatic carbocycles. The van der Waals surface area contributed by atoms with Gasteiger partial charge in [-0.1, -0.05) is 30.3 Å². The molecule has 0 saturated heterocycles. The molecule has 96 valence electrons. The minimum absolute atomic E-state index is 0.00512. The van der Waals surface area contributed by atoms with Gasteiger partial charge < -0.3 is 0 Å². The molecule has 0 saturated carbocycles. The molecule has 19 heavy (non-hydrogen) atoms. The Bertz CT molecular complexity index is 611. The predicted molar refractivity (Wildman–Crippen MR) is 77.6 cm³/mol. The van der Waals surface area contributed by atoms with Crippen LogP contribution in [0.1, 0.15) is 16.8 Å². The first kappa shape index (κ1) is 13.6. The van der Waals surface area contributed by atoms with Crippen LogP contribution < -0.4 is 0 Å². The Morgan fingerprint density at radius 2 is 1.95 bits per heavy atom. The lowest BCUT2D eigenvalue weighted by Crippen LogP contribution is -1.98. The second kappa shape index (κ2) is 6.38. The Hall–Kier alpha value is -1.81. The van der Waals surface area contributed by atoms with Gasteiger partial charge in [-0.15, -0.1) is 0 Å². The summed E-state index contributed by atoms with van der Waals surface area (Å²) in [5, 5.41) is 0. The second-order valence-corrected chi connectivity index (χ2v) is 4.76. The standard InChI is InChI=1S/C15H11BrFNO/c16-13-10-12(6-7-14(13)17)18-9-8-15(19)11-4-2-1-3-5-11/h1-7,9-10H,8H2/i17-1. The average Bonchev–Trinajstić information content (AvgIpc) is 2.43. The largest absolute Gasteiger partial charge is 0.294 e. The number of nitrogens with zero attached hydrogens (tertiary/aromatic N) is 1. The van der Waals surface area contributed by atoms with Gasteiger partial charge in [0.05, 0.1) is 10.2 Å². The molecule has 2 aromatic rings. The third-order valence-electron chi connectivity index (χ3n) is 2.52. The van der Waals surface area contributed by atoms with Crippen molar-refractivity contribution in [1.82, 2.24) is 0 Å². The molecule has 0 aliphatic rings. The van der Waals surface area contributed by atoms with Crippen LogP contribution in [0.5, 0.6) is 0 Å². The maximum absolute atomic E-state index is 13.0. The van der Waals surface area contributed by atoms with Crippen LogP contribution in [0.4, 0.5) is 10.1 Å². The van der Waals surface area contributed by atoms with Crippen LogP contribution in [0.3, 0.4) is 0 Å². The zero-order chi connectivity index (χ0) is 13.7. The third kappa shape index (κ3) is 3.83. The van der Waals surface area contributed by atoms with E-state index in [9.17, 15) is 9.18 Å². The van der Waals surface area contributed by atoms with Crippen molar-refractivity contribution in [3.63, 3.8) is 0 Å². The Kier molecular flexibility index (Phi) is 4.58. The summed E-state index contributed by atoms with van der Waals surface area (Å²) < 4.78 is 13.4. The number of carbonyl (C=O) groups is 1. The van der Waals surface area contributed by atoms with E-state index in [4.69, 9.17) is 0 Å². The van der Waals surface area contributed by atoms with E-state index in [0.29, 0.717) is 15.7 Å². The zero-order valence-electron chi connectivity index (χ0n) is 10.0. The molecule has 0 aromatic heterocycles. The van der Waals surface area contributed by atoms with Crippen molar-refractivity contribution in [3.05, 3.63) is 64.4 Å². The summed E-state index contributed by atoms with van der Waals surface area (Å²) in [6.07, 6.45) is 1.76. The van der Waals surface area contributed by atoms with Crippen molar-refractivity contribution in [3.8, 4) is 0 Å². The quantitative estimate of drug-likeness (QED) is 0.600. The van der Waals surface area contributed by atoms with E-state index >= 15 is 0 Å². The molecule has 2 nitrogen and oxygen atoms in total. The highest BCUT2D eigenvalue weighted by atomic mass is 79.9. The summed E-state index contributed by atoms with van der Waals surface area (Å²) >= 11 is 3.09. The van der Waals surface area contributed by atoms with Gasteiger partial charge in [0.1, 0.15) is 5.82 Å². The summed E-state index contributed by atoms with van der Waals surface area (Å²) in [7, 11) is 0. The van der Waals surface area contributed by atoms with E-state index in [1.54, 1.807) is 24.3 Å². The van der Waals surface area contributed by atoms with Crippen molar-refractivity contribution in [2.24, 2.45) is 4.99 Å². The van der Waals surface area contributed by atoms with Crippen molar-refractivity contribution >= 4 is 33.6 Å². The van der Waals surface area contributed by atoms with Crippen LogP contribution in [0.2, 0.25) is 0 Å². The van der Waals surface area contributed by atoms with Gasteiger partial charge in [-0.3, -0.25) is 9.79 Å². The molecule has 0 heterocycles. The molecule has 0 aliphatic carbocycles. The predicted octanol–water partition coefficient (Wildman–Crippen LogP) is 4.56. The molecule has 0 amide bonds. The second-order valence-electron chi connectivity index (χ2n) is 3.90. The molecule has 4 heteroatoms. The lowest BCUT2D eigenvalue weighted by Gasteiger charge is -1.98. The summed E-state index contributed by atoms with van der Waals surface area (Å²) in [6.45, 7) is 0. The lowest BCUT2D eigenvalue weighted by molar-refractivity contribution is 0.100. The maximum Gasteiger partial charge on any atom is 0.168 e.